The molecule has 1 aromatic heterocycles. The van der Waals surface area contributed by atoms with Gasteiger partial charge in [-0.15, -0.1) is 11.3 Å². The summed E-state index contributed by atoms with van der Waals surface area (Å²) >= 11 is 0.776. The van der Waals surface area contributed by atoms with Crippen molar-refractivity contribution < 1.29 is 19.8 Å². The van der Waals surface area contributed by atoms with Crippen LogP contribution in [-0.2, 0) is 0 Å². The number of aromatic carboxylic acids is 2. The molecule has 1 aromatic carbocycles. The fraction of sp³-hybridized carbons (Fsp3) is 0.0769. The van der Waals surface area contributed by atoms with E-state index in [4.69, 9.17) is 10.2 Å². The molecule has 4 nitrogen and oxygen atoms in total. The minimum absolute atomic E-state index is 0.0305. The van der Waals surface area contributed by atoms with Gasteiger partial charge in [0.25, 0.3) is 0 Å². The second-order valence-corrected chi connectivity index (χ2v) is 4.88. The zero-order chi connectivity index (χ0) is 13.3. The first kappa shape index (κ1) is 12.3. The molecule has 0 radical (unpaired) electrons. The quantitative estimate of drug-likeness (QED) is 0.891. The summed E-state index contributed by atoms with van der Waals surface area (Å²) in [5.74, 6) is -2.22. The van der Waals surface area contributed by atoms with E-state index in [1.54, 1.807) is 12.1 Å². The zero-order valence-electron chi connectivity index (χ0n) is 9.51. The minimum Gasteiger partial charge on any atom is -0.477 e. The van der Waals surface area contributed by atoms with Crippen LogP contribution in [0, 0.1) is 6.92 Å². The van der Waals surface area contributed by atoms with Gasteiger partial charge in [0.1, 0.15) is 9.75 Å². The van der Waals surface area contributed by atoms with Crippen molar-refractivity contribution in [1.82, 2.24) is 0 Å². The standard InChI is InChI=1S/C13H10O4S/c1-7-2-4-8(5-3-7)9-6-10(12(14)15)18-11(9)13(16)17/h2-6H,1H3,(H,14,15)(H,16,17). The molecule has 0 aliphatic rings. The van der Waals surface area contributed by atoms with Gasteiger partial charge in [0.15, 0.2) is 0 Å². The van der Waals surface area contributed by atoms with Gasteiger partial charge in [-0.2, -0.15) is 0 Å². The third-order valence-corrected chi connectivity index (χ3v) is 3.61. The van der Waals surface area contributed by atoms with Crippen LogP contribution in [0.1, 0.15) is 24.9 Å². The molecule has 18 heavy (non-hydrogen) atoms. The highest BCUT2D eigenvalue weighted by Crippen LogP contribution is 2.31. The van der Waals surface area contributed by atoms with Crippen molar-refractivity contribution in [1.29, 1.82) is 0 Å². The molecule has 0 bridgehead atoms. The Balaban J connectivity index is 2.58. The van der Waals surface area contributed by atoms with Crippen molar-refractivity contribution in [3.63, 3.8) is 0 Å². The average molecular weight is 262 g/mol. The lowest BCUT2D eigenvalue weighted by Crippen LogP contribution is -1.94. The van der Waals surface area contributed by atoms with Crippen LogP contribution in [0.3, 0.4) is 0 Å². The van der Waals surface area contributed by atoms with Crippen molar-refractivity contribution in [2.45, 2.75) is 6.92 Å². The van der Waals surface area contributed by atoms with E-state index < -0.39 is 11.9 Å². The minimum atomic E-state index is -1.11. The van der Waals surface area contributed by atoms with E-state index in [1.807, 2.05) is 19.1 Å². The zero-order valence-corrected chi connectivity index (χ0v) is 10.3. The Morgan fingerprint density at radius 3 is 2.17 bits per heavy atom. The molecule has 0 aliphatic carbocycles. The predicted molar refractivity (Wildman–Crippen MR) is 68.4 cm³/mol. The molecule has 0 unspecified atom stereocenters. The highest BCUT2D eigenvalue weighted by Gasteiger charge is 2.19. The Kier molecular flexibility index (Phi) is 3.16. The van der Waals surface area contributed by atoms with Gasteiger partial charge in [0, 0.05) is 5.56 Å². The van der Waals surface area contributed by atoms with Gasteiger partial charge in [-0.25, -0.2) is 9.59 Å². The molecule has 0 amide bonds. The summed E-state index contributed by atoms with van der Waals surface area (Å²) in [6.45, 7) is 1.93. The Morgan fingerprint density at radius 1 is 1.06 bits per heavy atom. The van der Waals surface area contributed by atoms with Crippen molar-refractivity contribution in [3.05, 3.63) is 45.6 Å². The van der Waals surface area contributed by atoms with E-state index >= 15 is 0 Å². The molecule has 0 atom stereocenters. The molecule has 2 aromatic rings. The fourth-order valence-corrected chi connectivity index (χ4v) is 2.46. The second-order valence-electron chi connectivity index (χ2n) is 3.83. The molecule has 92 valence electrons. The maximum absolute atomic E-state index is 11.1. The summed E-state index contributed by atoms with van der Waals surface area (Å²) in [7, 11) is 0. The van der Waals surface area contributed by atoms with Crippen LogP contribution in [0.4, 0.5) is 0 Å². The SMILES string of the molecule is Cc1ccc(-c2cc(C(=O)O)sc2C(=O)O)cc1. The van der Waals surface area contributed by atoms with Gasteiger partial charge < -0.3 is 10.2 Å². The fourth-order valence-electron chi connectivity index (χ4n) is 1.60. The van der Waals surface area contributed by atoms with E-state index in [-0.39, 0.29) is 9.75 Å². The number of carbonyl (C=O) groups is 2. The van der Waals surface area contributed by atoms with Gasteiger partial charge >= 0.3 is 11.9 Å². The molecule has 0 saturated heterocycles. The topological polar surface area (TPSA) is 74.6 Å². The summed E-state index contributed by atoms with van der Waals surface area (Å²) < 4.78 is 0. The average Bonchev–Trinajstić information content (AvgIpc) is 2.75. The molecule has 1 heterocycles. The van der Waals surface area contributed by atoms with Crippen LogP contribution >= 0.6 is 11.3 Å². The monoisotopic (exact) mass is 262 g/mol. The number of carboxylic acids is 2. The van der Waals surface area contributed by atoms with Crippen LogP contribution in [0.15, 0.2) is 30.3 Å². The number of carboxylic acid groups (broad SMARTS) is 2. The second kappa shape index (κ2) is 4.62. The first-order valence-electron chi connectivity index (χ1n) is 5.16. The van der Waals surface area contributed by atoms with Crippen LogP contribution in [0.25, 0.3) is 11.1 Å². The maximum atomic E-state index is 11.1. The number of rotatable bonds is 3. The third-order valence-electron chi connectivity index (χ3n) is 2.50. The Labute approximate surface area is 107 Å². The summed E-state index contributed by atoms with van der Waals surface area (Å²) in [5, 5.41) is 18.0. The molecule has 0 fully saturated rings. The van der Waals surface area contributed by atoms with Gasteiger partial charge in [-0.05, 0) is 18.6 Å². The molecular formula is C13H10O4S. The van der Waals surface area contributed by atoms with Crippen LogP contribution in [-0.4, -0.2) is 22.2 Å². The van der Waals surface area contributed by atoms with Gasteiger partial charge in [-0.1, -0.05) is 29.8 Å². The Hall–Kier alpha value is -2.14. The normalized spacial score (nSPS) is 10.3. The highest BCUT2D eigenvalue weighted by atomic mass is 32.1. The first-order valence-corrected chi connectivity index (χ1v) is 5.98. The lowest BCUT2D eigenvalue weighted by Gasteiger charge is -2.00. The van der Waals surface area contributed by atoms with E-state index in [9.17, 15) is 9.59 Å². The lowest BCUT2D eigenvalue weighted by molar-refractivity contribution is 0.0693. The molecule has 2 N–H and O–H groups in total. The van der Waals surface area contributed by atoms with Gasteiger partial charge in [-0.3, -0.25) is 0 Å². The summed E-state index contributed by atoms with van der Waals surface area (Å²) in [5.41, 5.74) is 2.22. The predicted octanol–water partition coefficient (Wildman–Crippen LogP) is 3.12. The lowest BCUT2D eigenvalue weighted by atomic mass is 10.0. The molecule has 0 spiro atoms. The van der Waals surface area contributed by atoms with Crippen LogP contribution in [0.5, 0.6) is 0 Å². The third kappa shape index (κ3) is 2.26. The van der Waals surface area contributed by atoms with E-state index in [2.05, 4.69) is 0 Å². The first-order chi connectivity index (χ1) is 8.49. The summed E-state index contributed by atoms with van der Waals surface area (Å²) in [6.07, 6.45) is 0. The largest absolute Gasteiger partial charge is 0.477 e. The number of thiophene rings is 1. The molecular weight excluding hydrogens is 252 g/mol. The molecule has 2 rings (SSSR count). The Bertz CT molecular complexity index is 610. The van der Waals surface area contributed by atoms with Crippen molar-refractivity contribution in [3.8, 4) is 11.1 Å². The van der Waals surface area contributed by atoms with Gasteiger partial charge in [0.2, 0.25) is 0 Å². The number of benzene rings is 1. The smallest absolute Gasteiger partial charge is 0.346 e. The van der Waals surface area contributed by atoms with E-state index in [0.29, 0.717) is 11.1 Å². The molecule has 5 heteroatoms. The van der Waals surface area contributed by atoms with Gasteiger partial charge in [0.05, 0.1) is 0 Å². The van der Waals surface area contributed by atoms with Crippen molar-refractivity contribution in [2.24, 2.45) is 0 Å². The Morgan fingerprint density at radius 2 is 1.67 bits per heavy atom. The highest BCUT2D eigenvalue weighted by molar-refractivity contribution is 7.16. The van der Waals surface area contributed by atoms with Crippen molar-refractivity contribution >= 4 is 23.3 Å². The number of hydrogen-bond donors (Lipinski definition) is 2. The summed E-state index contributed by atoms with van der Waals surface area (Å²) in [6, 6.07) is 8.70. The van der Waals surface area contributed by atoms with Crippen LogP contribution in [0.2, 0.25) is 0 Å². The van der Waals surface area contributed by atoms with Crippen LogP contribution < -0.4 is 0 Å². The maximum Gasteiger partial charge on any atom is 0.346 e. The number of aryl methyl sites for hydroxylation is 1. The van der Waals surface area contributed by atoms with E-state index in [0.717, 1.165) is 16.9 Å². The van der Waals surface area contributed by atoms with E-state index in [1.165, 1.54) is 6.07 Å². The summed E-state index contributed by atoms with van der Waals surface area (Å²) in [4.78, 5) is 22.1. The molecule has 0 saturated carbocycles. The molecule has 0 aliphatic heterocycles. The number of hydrogen-bond acceptors (Lipinski definition) is 3. The van der Waals surface area contributed by atoms with Crippen molar-refractivity contribution in [2.75, 3.05) is 0 Å².